The van der Waals surface area contributed by atoms with Crippen molar-refractivity contribution in [2.45, 2.75) is 25.7 Å². The van der Waals surface area contributed by atoms with Crippen molar-refractivity contribution in [2.24, 2.45) is 5.73 Å². The average molecular weight is 323 g/mol. The molecule has 21 heavy (non-hydrogen) atoms. The van der Waals surface area contributed by atoms with E-state index in [1.807, 2.05) is 21.6 Å². The van der Waals surface area contributed by atoms with Gasteiger partial charge < -0.3 is 10.5 Å². The van der Waals surface area contributed by atoms with Gasteiger partial charge in [-0.2, -0.15) is 0 Å². The van der Waals surface area contributed by atoms with Crippen molar-refractivity contribution >= 4 is 33.5 Å². The molecule has 0 atom stereocenters. The number of benzene rings is 1. The van der Waals surface area contributed by atoms with E-state index in [1.165, 1.54) is 10.7 Å². The lowest BCUT2D eigenvalue weighted by atomic mass is 10.2. The first-order valence-corrected chi connectivity index (χ1v) is 9.06. The lowest BCUT2D eigenvalue weighted by Crippen LogP contribution is -2.15. The third-order valence-corrected chi connectivity index (χ3v) is 5.50. The number of nitrogens with two attached hydrogens (primary N) is 1. The number of esters is 1. The second-order valence-corrected chi connectivity index (χ2v) is 7.09. The Morgan fingerprint density at radius 2 is 2.14 bits per heavy atom. The summed E-state index contributed by atoms with van der Waals surface area (Å²) >= 11 is 0. The molecule has 1 saturated heterocycles. The average Bonchev–Trinajstić information content (AvgIpc) is 2.97. The van der Waals surface area contributed by atoms with Gasteiger partial charge in [0.25, 0.3) is 5.91 Å². The maximum Gasteiger partial charge on any atom is 0.311 e. The number of allylic oxidation sites excluding steroid dienone is 2. The van der Waals surface area contributed by atoms with E-state index in [9.17, 15) is 9.59 Å². The van der Waals surface area contributed by atoms with Crippen molar-refractivity contribution in [1.29, 1.82) is 0 Å². The Morgan fingerprint density at radius 3 is 2.86 bits per heavy atom. The number of hydrogen-bond donors (Lipinski definition) is 1. The number of carbonyl (C=O) groups excluding carboxylic acids is 2. The first-order chi connectivity index (χ1) is 10.2. The van der Waals surface area contributed by atoms with Crippen molar-refractivity contribution < 1.29 is 14.3 Å². The SMILES string of the molecule is NC(=O)c1ccccc1OC(=O)CCCC=C1CCSS1. The Bertz CT molecular complexity index is 550. The maximum atomic E-state index is 11.8. The zero-order valence-electron chi connectivity index (χ0n) is 11.5. The van der Waals surface area contributed by atoms with Gasteiger partial charge in [0, 0.05) is 12.2 Å². The lowest BCUT2D eigenvalue weighted by Gasteiger charge is -2.07. The minimum Gasteiger partial charge on any atom is -0.426 e. The number of amides is 1. The Balaban J connectivity index is 1.79. The number of primary amides is 1. The Kier molecular flexibility index (Phi) is 6.20. The number of rotatable bonds is 6. The first-order valence-electron chi connectivity index (χ1n) is 6.75. The summed E-state index contributed by atoms with van der Waals surface area (Å²) in [5.74, 6) is 0.466. The second kappa shape index (κ2) is 8.14. The van der Waals surface area contributed by atoms with Crippen LogP contribution in [0.5, 0.6) is 5.75 Å². The number of hydrogen-bond acceptors (Lipinski definition) is 5. The van der Waals surface area contributed by atoms with E-state index >= 15 is 0 Å². The molecule has 0 aliphatic carbocycles. The molecule has 2 rings (SSSR count). The molecule has 1 aliphatic heterocycles. The largest absolute Gasteiger partial charge is 0.426 e. The summed E-state index contributed by atoms with van der Waals surface area (Å²) in [6, 6.07) is 6.51. The first kappa shape index (κ1) is 16.0. The van der Waals surface area contributed by atoms with Gasteiger partial charge in [0.05, 0.1) is 5.56 Å². The van der Waals surface area contributed by atoms with Crippen LogP contribution in [0.4, 0.5) is 0 Å². The molecule has 2 N–H and O–H groups in total. The highest BCUT2D eigenvalue weighted by Crippen LogP contribution is 2.40. The van der Waals surface area contributed by atoms with E-state index in [0.717, 1.165) is 19.3 Å². The van der Waals surface area contributed by atoms with Gasteiger partial charge in [-0.05, 0) is 36.3 Å². The molecule has 1 aromatic carbocycles. The van der Waals surface area contributed by atoms with Gasteiger partial charge in [-0.15, -0.1) is 0 Å². The van der Waals surface area contributed by atoms with Crippen LogP contribution in [-0.4, -0.2) is 17.6 Å². The van der Waals surface area contributed by atoms with Gasteiger partial charge >= 0.3 is 5.97 Å². The highest BCUT2D eigenvalue weighted by atomic mass is 33.1. The van der Waals surface area contributed by atoms with Gasteiger partial charge in [-0.3, -0.25) is 9.59 Å². The highest BCUT2D eigenvalue weighted by molar-refractivity contribution is 8.78. The molecule has 1 aromatic rings. The van der Waals surface area contributed by atoms with E-state index < -0.39 is 5.91 Å². The van der Waals surface area contributed by atoms with Crippen LogP contribution < -0.4 is 10.5 Å². The summed E-state index contributed by atoms with van der Waals surface area (Å²) < 4.78 is 5.21. The van der Waals surface area contributed by atoms with E-state index in [2.05, 4.69) is 6.08 Å². The van der Waals surface area contributed by atoms with Crippen molar-refractivity contribution in [3.63, 3.8) is 0 Å². The summed E-state index contributed by atoms with van der Waals surface area (Å²) in [7, 11) is 3.68. The Hall–Kier alpha value is -1.40. The number of para-hydroxylation sites is 1. The van der Waals surface area contributed by atoms with E-state index in [4.69, 9.17) is 10.5 Å². The molecular formula is C15H17NO3S2. The Morgan fingerprint density at radius 1 is 1.33 bits per heavy atom. The van der Waals surface area contributed by atoms with E-state index in [1.54, 1.807) is 24.3 Å². The van der Waals surface area contributed by atoms with Crippen LogP contribution in [0.2, 0.25) is 0 Å². The van der Waals surface area contributed by atoms with Gasteiger partial charge in [-0.1, -0.05) is 39.8 Å². The van der Waals surface area contributed by atoms with Gasteiger partial charge in [0.15, 0.2) is 0 Å². The molecule has 1 fully saturated rings. The predicted molar refractivity (Wildman–Crippen MR) is 87.2 cm³/mol. The second-order valence-electron chi connectivity index (χ2n) is 4.55. The summed E-state index contributed by atoms with van der Waals surface area (Å²) in [6.07, 6.45) is 5.26. The third-order valence-electron chi connectivity index (χ3n) is 2.93. The van der Waals surface area contributed by atoms with Crippen molar-refractivity contribution in [1.82, 2.24) is 0 Å². The molecule has 0 radical (unpaired) electrons. The predicted octanol–water partition coefficient (Wildman–Crippen LogP) is 3.53. The molecule has 1 heterocycles. The zero-order chi connectivity index (χ0) is 15.1. The van der Waals surface area contributed by atoms with Crippen LogP contribution in [0.1, 0.15) is 36.0 Å². The van der Waals surface area contributed by atoms with Crippen LogP contribution in [0.15, 0.2) is 35.2 Å². The monoisotopic (exact) mass is 323 g/mol. The van der Waals surface area contributed by atoms with E-state index in [-0.39, 0.29) is 17.3 Å². The molecule has 6 heteroatoms. The summed E-state index contributed by atoms with van der Waals surface area (Å²) in [4.78, 5) is 24.4. The van der Waals surface area contributed by atoms with Crippen LogP contribution in [0.3, 0.4) is 0 Å². The molecule has 4 nitrogen and oxygen atoms in total. The topological polar surface area (TPSA) is 69.4 Å². The molecule has 0 unspecified atom stereocenters. The minimum absolute atomic E-state index is 0.229. The van der Waals surface area contributed by atoms with E-state index in [0.29, 0.717) is 6.42 Å². The standard InChI is InChI=1S/C15H17NO3S2/c16-15(18)12-6-2-3-7-13(12)19-14(17)8-4-1-5-11-9-10-20-21-11/h2-3,5-7H,1,4,8-10H2,(H2,16,18). The maximum absolute atomic E-state index is 11.8. The fourth-order valence-electron chi connectivity index (χ4n) is 1.88. The molecule has 0 bridgehead atoms. The highest BCUT2D eigenvalue weighted by Gasteiger charge is 2.12. The normalized spacial score (nSPS) is 16.1. The van der Waals surface area contributed by atoms with Gasteiger partial charge in [0.1, 0.15) is 5.75 Å². The molecule has 1 amide bonds. The number of unbranched alkanes of at least 4 members (excludes halogenated alkanes) is 1. The van der Waals surface area contributed by atoms with Crippen LogP contribution in [0.25, 0.3) is 0 Å². The molecule has 0 aromatic heterocycles. The molecule has 0 spiro atoms. The summed E-state index contributed by atoms with van der Waals surface area (Å²) in [5.41, 5.74) is 5.47. The lowest BCUT2D eigenvalue weighted by molar-refractivity contribution is -0.134. The van der Waals surface area contributed by atoms with Crippen molar-refractivity contribution in [3.05, 3.63) is 40.8 Å². The minimum atomic E-state index is -0.598. The Labute approximate surface area is 131 Å². The summed E-state index contributed by atoms with van der Waals surface area (Å²) in [6.45, 7) is 0. The molecule has 0 saturated carbocycles. The van der Waals surface area contributed by atoms with Crippen molar-refractivity contribution in [3.8, 4) is 5.75 Å². The van der Waals surface area contributed by atoms with Gasteiger partial charge in [-0.25, -0.2) is 0 Å². The molecule has 112 valence electrons. The fraction of sp³-hybridized carbons (Fsp3) is 0.333. The third kappa shape index (κ3) is 5.13. The smallest absolute Gasteiger partial charge is 0.311 e. The van der Waals surface area contributed by atoms with Gasteiger partial charge in [0.2, 0.25) is 0 Å². The molecular weight excluding hydrogens is 306 g/mol. The zero-order valence-corrected chi connectivity index (χ0v) is 13.2. The quantitative estimate of drug-likeness (QED) is 0.375. The van der Waals surface area contributed by atoms with Crippen LogP contribution >= 0.6 is 21.6 Å². The van der Waals surface area contributed by atoms with Crippen LogP contribution in [0, 0.1) is 0 Å². The number of ether oxygens (including phenoxy) is 1. The van der Waals surface area contributed by atoms with Crippen molar-refractivity contribution in [2.75, 3.05) is 5.75 Å². The molecule has 1 aliphatic rings. The summed E-state index contributed by atoms with van der Waals surface area (Å²) in [5, 5.41) is 0. The van der Waals surface area contributed by atoms with Crippen LogP contribution in [-0.2, 0) is 4.79 Å². The number of carbonyl (C=O) groups is 2. The fourth-order valence-corrected chi connectivity index (χ4v) is 4.33.